The number of rotatable bonds is 7. The smallest absolute Gasteiger partial charge is 0.235 e. The van der Waals surface area contributed by atoms with Gasteiger partial charge in [0.15, 0.2) is 0 Å². The molecule has 3 heterocycles. The van der Waals surface area contributed by atoms with Crippen LogP contribution in [-0.2, 0) is 19.5 Å². The maximum atomic E-state index is 5.84. The molecule has 30 heavy (non-hydrogen) atoms. The van der Waals surface area contributed by atoms with Crippen LogP contribution in [0.5, 0.6) is 0 Å². The Bertz CT molecular complexity index is 979. The average Bonchev–Trinajstić information content (AvgIpc) is 3.37. The molecule has 8 heteroatoms. The van der Waals surface area contributed by atoms with Crippen molar-refractivity contribution in [3.05, 3.63) is 47.3 Å². The molecule has 1 aliphatic rings. The maximum Gasteiger partial charge on any atom is 0.235 e. The van der Waals surface area contributed by atoms with Gasteiger partial charge in [0.2, 0.25) is 23.6 Å². The third-order valence-electron chi connectivity index (χ3n) is 5.38. The lowest BCUT2D eigenvalue weighted by Gasteiger charge is -2.33. The molecule has 1 aliphatic heterocycles. The summed E-state index contributed by atoms with van der Waals surface area (Å²) in [5, 5.41) is 16.8. The van der Waals surface area contributed by atoms with E-state index in [1.165, 1.54) is 16.9 Å². The summed E-state index contributed by atoms with van der Waals surface area (Å²) < 4.78 is 11.6. The molecule has 2 aromatic heterocycles. The first-order chi connectivity index (χ1) is 14.4. The molecule has 0 N–H and O–H groups in total. The van der Waals surface area contributed by atoms with E-state index in [1.807, 2.05) is 0 Å². The molecule has 160 valence electrons. The Hall–Kier alpha value is -2.90. The zero-order valence-corrected chi connectivity index (χ0v) is 18.4. The zero-order chi connectivity index (χ0) is 21.3. The summed E-state index contributed by atoms with van der Waals surface area (Å²) in [6.07, 6.45) is 2.12. The van der Waals surface area contributed by atoms with Gasteiger partial charge in [0.25, 0.3) is 0 Å². The molecule has 0 amide bonds. The molecule has 0 bridgehead atoms. The third-order valence-corrected chi connectivity index (χ3v) is 5.38. The van der Waals surface area contributed by atoms with Crippen LogP contribution in [0.4, 0.5) is 11.4 Å². The van der Waals surface area contributed by atoms with E-state index >= 15 is 0 Å². The van der Waals surface area contributed by atoms with Gasteiger partial charge in [-0.1, -0.05) is 33.8 Å². The predicted octanol–water partition coefficient (Wildman–Crippen LogP) is 4.29. The molecule has 3 aromatic rings. The normalized spacial score (nSPS) is 13.9. The molecule has 0 aliphatic carbocycles. The highest BCUT2D eigenvalue weighted by Crippen LogP contribution is 2.35. The van der Waals surface area contributed by atoms with E-state index in [0.717, 1.165) is 19.4 Å². The molecule has 0 unspecified atom stereocenters. The largest absolute Gasteiger partial charge is 0.423 e. The fourth-order valence-electron chi connectivity index (χ4n) is 3.78. The second kappa shape index (κ2) is 8.45. The molecule has 1 aromatic carbocycles. The molecule has 0 saturated heterocycles. The van der Waals surface area contributed by atoms with E-state index < -0.39 is 0 Å². The van der Waals surface area contributed by atoms with Crippen LogP contribution in [0.2, 0.25) is 0 Å². The van der Waals surface area contributed by atoms with E-state index in [2.05, 4.69) is 83.1 Å². The van der Waals surface area contributed by atoms with Crippen molar-refractivity contribution in [1.29, 1.82) is 0 Å². The number of aromatic nitrogens is 4. The number of benzene rings is 1. The first kappa shape index (κ1) is 20.4. The highest BCUT2D eigenvalue weighted by atomic mass is 16.4. The van der Waals surface area contributed by atoms with Gasteiger partial charge in [-0.05, 0) is 30.5 Å². The van der Waals surface area contributed by atoms with Gasteiger partial charge in [-0.2, -0.15) is 0 Å². The van der Waals surface area contributed by atoms with Crippen molar-refractivity contribution in [3.63, 3.8) is 0 Å². The Morgan fingerprint density at radius 3 is 2.30 bits per heavy atom. The van der Waals surface area contributed by atoms with Gasteiger partial charge in [0, 0.05) is 36.8 Å². The van der Waals surface area contributed by atoms with E-state index in [0.29, 0.717) is 36.7 Å². The minimum absolute atomic E-state index is 0.232. The van der Waals surface area contributed by atoms with Gasteiger partial charge >= 0.3 is 0 Å². The summed E-state index contributed by atoms with van der Waals surface area (Å²) >= 11 is 0. The highest BCUT2D eigenvalue weighted by molar-refractivity contribution is 5.68. The Balaban J connectivity index is 1.54. The Labute approximate surface area is 177 Å². The van der Waals surface area contributed by atoms with Gasteiger partial charge in [-0.15, -0.1) is 20.4 Å². The van der Waals surface area contributed by atoms with E-state index in [4.69, 9.17) is 8.83 Å². The number of hydrogen-bond acceptors (Lipinski definition) is 8. The Kier molecular flexibility index (Phi) is 5.74. The van der Waals surface area contributed by atoms with Crippen LogP contribution in [0.3, 0.4) is 0 Å². The van der Waals surface area contributed by atoms with Gasteiger partial charge in [-0.3, -0.25) is 0 Å². The van der Waals surface area contributed by atoms with E-state index in [1.54, 1.807) is 0 Å². The molecule has 4 rings (SSSR count). The first-order valence-electron chi connectivity index (χ1n) is 10.6. The highest BCUT2D eigenvalue weighted by Gasteiger charge is 2.23. The van der Waals surface area contributed by atoms with Gasteiger partial charge in [-0.25, -0.2) is 0 Å². The Morgan fingerprint density at radius 1 is 0.967 bits per heavy atom. The second-order valence-electron chi connectivity index (χ2n) is 8.53. The standard InChI is InChI=1S/C22H30N6O2/c1-14(2)21-25-23-19(29-21)12-27(5)17-9-6-10-18-16(17)8-7-11-28(18)13-20-24-26-22(30-20)15(3)4/h6,9-10,14-15H,7-8,11-13H2,1-5H3. The lowest BCUT2D eigenvalue weighted by molar-refractivity contribution is 0.426. The van der Waals surface area contributed by atoms with Crippen LogP contribution in [0.25, 0.3) is 0 Å². The number of fused-ring (bicyclic) bond motifs is 1. The quantitative estimate of drug-likeness (QED) is 0.570. The van der Waals surface area contributed by atoms with E-state index in [-0.39, 0.29) is 11.8 Å². The average molecular weight is 411 g/mol. The topological polar surface area (TPSA) is 84.3 Å². The number of hydrogen-bond donors (Lipinski definition) is 0. The SMILES string of the molecule is CC(C)c1nnc(CN(C)c2cccc3c2CCCN3Cc2nnc(C(C)C)o2)o1. The summed E-state index contributed by atoms with van der Waals surface area (Å²) in [7, 11) is 2.07. The van der Waals surface area contributed by atoms with Crippen LogP contribution >= 0.6 is 0 Å². The fourth-order valence-corrected chi connectivity index (χ4v) is 3.78. The van der Waals surface area contributed by atoms with Crippen molar-refractivity contribution in [2.75, 3.05) is 23.4 Å². The zero-order valence-electron chi connectivity index (χ0n) is 18.4. The summed E-state index contributed by atoms with van der Waals surface area (Å²) in [6.45, 7) is 10.4. The van der Waals surface area contributed by atoms with Crippen LogP contribution in [0, 0.1) is 0 Å². The minimum Gasteiger partial charge on any atom is -0.423 e. The lowest BCUT2D eigenvalue weighted by Crippen LogP contribution is -2.30. The molecule has 0 saturated carbocycles. The van der Waals surface area contributed by atoms with Crippen molar-refractivity contribution < 1.29 is 8.83 Å². The molecule has 0 atom stereocenters. The second-order valence-corrected chi connectivity index (χ2v) is 8.53. The summed E-state index contributed by atoms with van der Waals surface area (Å²) in [6, 6.07) is 6.43. The summed E-state index contributed by atoms with van der Waals surface area (Å²) in [5.41, 5.74) is 3.75. The van der Waals surface area contributed by atoms with Crippen molar-refractivity contribution in [2.45, 2.75) is 65.5 Å². The number of nitrogens with zero attached hydrogens (tertiary/aromatic N) is 6. The predicted molar refractivity (Wildman–Crippen MR) is 115 cm³/mol. The van der Waals surface area contributed by atoms with Crippen LogP contribution in [0.1, 0.15) is 75.1 Å². The van der Waals surface area contributed by atoms with Crippen molar-refractivity contribution >= 4 is 11.4 Å². The van der Waals surface area contributed by atoms with Crippen LogP contribution in [-0.4, -0.2) is 34.0 Å². The third kappa shape index (κ3) is 4.17. The van der Waals surface area contributed by atoms with Crippen LogP contribution in [0.15, 0.2) is 27.0 Å². The molecule has 0 spiro atoms. The van der Waals surface area contributed by atoms with Crippen molar-refractivity contribution in [1.82, 2.24) is 20.4 Å². The van der Waals surface area contributed by atoms with Gasteiger partial charge in [0.1, 0.15) is 0 Å². The van der Waals surface area contributed by atoms with Gasteiger partial charge in [0.05, 0.1) is 13.1 Å². The Morgan fingerprint density at radius 2 is 1.63 bits per heavy atom. The number of anilines is 2. The first-order valence-corrected chi connectivity index (χ1v) is 10.6. The molecular formula is C22H30N6O2. The van der Waals surface area contributed by atoms with Crippen LogP contribution < -0.4 is 9.80 Å². The fraction of sp³-hybridized carbons (Fsp3) is 0.545. The maximum absolute atomic E-state index is 5.84. The molecule has 8 nitrogen and oxygen atoms in total. The minimum atomic E-state index is 0.232. The summed E-state index contributed by atoms with van der Waals surface area (Å²) in [4.78, 5) is 4.51. The molecular weight excluding hydrogens is 380 g/mol. The lowest BCUT2D eigenvalue weighted by atomic mass is 9.99. The van der Waals surface area contributed by atoms with Crippen molar-refractivity contribution in [2.24, 2.45) is 0 Å². The molecule has 0 fully saturated rings. The van der Waals surface area contributed by atoms with Crippen molar-refractivity contribution in [3.8, 4) is 0 Å². The summed E-state index contributed by atoms with van der Waals surface area (Å²) in [5.74, 6) is 3.14. The van der Waals surface area contributed by atoms with Gasteiger partial charge < -0.3 is 18.6 Å². The van der Waals surface area contributed by atoms with E-state index in [9.17, 15) is 0 Å². The monoisotopic (exact) mass is 410 g/mol. The molecule has 0 radical (unpaired) electrons.